The average molecular weight is 338 g/mol. The number of alkyl halides is 3. The van der Waals surface area contributed by atoms with Crippen LogP contribution in [0.15, 0.2) is 66.7 Å². The van der Waals surface area contributed by atoms with Gasteiger partial charge in [-0.2, -0.15) is 13.2 Å². The predicted octanol–water partition coefficient (Wildman–Crippen LogP) is 5.66. The summed E-state index contributed by atoms with van der Waals surface area (Å²) in [5.74, 6) is 0. The molecule has 0 saturated carbocycles. The van der Waals surface area contributed by atoms with Gasteiger partial charge in [0.2, 0.25) is 0 Å². The molecule has 0 unspecified atom stereocenters. The molecule has 0 aliphatic rings. The third-order valence-corrected chi connectivity index (χ3v) is 4.20. The van der Waals surface area contributed by atoms with E-state index in [1.807, 2.05) is 42.5 Å². The summed E-state index contributed by atoms with van der Waals surface area (Å²) in [6.07, 6.45) is -4.53. The van der Waals surface area contributed by atoms with Gasteiger partial charge in [-0.05, 0) is 40.1 Å². The summed E-state index contributed by atoms with van der Waals surface area (Å²) in [4.78, 5) is 3.77. The van der Waals surface area contributed by atoms with Crippen LogP contribution < -0.4 is 5.73 Å². The topological polar surface area (TPSA) is 38.9 Å². The Labute approximate surface area is 141 Å². The molecule has 0 radical (unpaired) electrons. The van der Waals surface area contributed by atoms with Gasteiger partial charge in [-0.15, -0.1) is 0 Å². The molecule has 0 bridgehead atoms. The number of rotatable bonds is 1. The van der Waals surface area contributed by atoms with Gasteiger partial charge in [0.05, 0.1) is 5.52 Å². The number of nitrogens with zero attached hydrogens (tertiary/aromatic N) is 1. The Morgan fingerprint density at radius 2 is 1.52 bits per heavy atom. The Morgan fingerprint density at radius 1 is 0.760 bits per heavy atom. The van der Waals surface area contributed by atoms with Crippen molar-refractivity contribution in [2.75, 3.05) is 5.73 Å². The van der Waals surface area contributed by atoms with Crippen molar-refractivity contribution >= 4 is 27.4 Å². The summed E-state index contributed by atoms with van der Waals surface area (Å²) >= 11 is 0. The standard InChI is InChI=1S/C20H13F3N2/c21-20(22,23)19-11-17(16-9-8-13(24)10-18(16)25-19)15-7-3-5-12-4-1-2-6-14(12)15/h1-11H,24H2. The van der Waals surface area contributed by atoms with Crippen LogP contribution in [0.2, 0.25) is 0 Å². The van der Waals surface area contributed by atoms with Gasteiger partial charge in [0.15, 0.2) is 0 Å². The first-order chi connectivity index (χ1) is 11.9. The molecular weight excluding hydrogens is 325 g/mol. The minimum absolute atomic E-state index is 0.234. The molecule has 1 heterocycles. The molecule has 0 aliphatic carbocycles. The maximum absolute atomic E-state index is 13.3. The number of hydrogen-bond donors (Lipinski definition) is 1. The molecule has 3 aromatic carbocycles. The number of benzene rings is 3. The van der Waals surface area contributed by atoms with E-state index >= 15 is 0 Å². The van der Waals surface area contributed by atoms with E-state index in [9.17, 15) is 13.2 Å². The van der Waals surface area contributed by atoms with Crippen LogP contribution >= 0.6 is 0 Å². The van der Waals surface area contributed by atoms with Gasteiger partial charge in [-0.3, -0.25) is 0 Å². The number of nitrogens with two attached hydrogens (primary N) is 1. The molecule has 0 aliphatic heterocycles. The van der Waals surface area contributed by atoms with Crippen molar-refractivity contribution in [1.82, 2.24) is 4.98 Å². The lowest BCUT2D eigenvalue weighted by atomic mass is 9.95. The van der Waals surface area contributed by atoms with Crippen molar-refractivity contribution in [2.24, 2.45) is 0 Å². The van der Waals surface area contributed by atoms with E-state index in [-0.39, 0.29) is 5.52 Å². The molecule has 0 spiro atoms. The molecule has 0 saturated heterocycles. The number of pyridine rings is 1. The second-order valence-electron chi connectivity index (χ2n) is 5.86. The van der Waals surface area contributed by atoms with Crippen molar-refractivity contribution in [2.45, 2.75) is 6.18 Å². The molecule has 5 heteroatoms. The summed E-state index contributed by atoms with van der Waals surface area (Å²) in [7, 11) is 0. The monoisotopic (exact) mass is 338 g/mol. The fourth-order valence-corrected chi connectivity index (χ4v) is 3.07. The lowest BCUT2D eigenvalue weighted by molar-refractivity contribution is -0.140. The van der Waals surface area contributed by atoms with Crippen LogP contribution in [0.1, 0.15) is 5.69 Å². The molecule has 0 fully saturated rings. The highest BCUT2D eigenvalue weighted by Crippen LogP contribution is 2.38. The predicted molar refractivity (Wildman–Crippen MR) is 94.1 cm³/mol. The van der Waals surface area contributed by atoms with Crippen molar-refractivity contribution in [3.63, 3.8) is 0 Å². The Morgan fingerprint density at radius 3 is 2.32 bits per heavy atom. The quantitative estimate of drug-likeness (QED) is 0.455. The van der Waals surface area contributed by atoms with E-state index in [2.05, 4.69) is 4.98 Å². The summed E-state index contributed by atoms with van der Waals surface area (Å²) < 4.78 is 40.0. The van der Waals surface area contributed by atoms with Gasteiger partial charge < -0.3 is 5.73 Å². The SMILES string of the molecule is Nc1ccc2c(-c3cccc4ccccc34)cc(C(F)(F)F)nc2c1. The number of nitrogen functional groups attached to an aromatic ring is 1. The minimum Gasteiger partial charge on any atom is -0.399 e. The first kappa shape index (κ1) is 15.4. The van der Waals surface area contributed by atoms with E-state index in [1.165, 1.54) is 6.07 Å². The van der Waals surface area contributed by atoms with E-state index in [4.69, 9.17) is 5.73 Å². The van der Waals surface area contributed by atoms with Gasteiger partial charge >= 0.3 is 6.18 Å². The zero-order valence-electron chi connectivity index (χ0n) is 13.0. The Kier molecular flexibility index (Phi) is 3.39. The Balaban J connectivity index is 2.12. The van der Waals surface area contributed by atoms with E-state index in [0.29, 0.717) is 16.6 Å². The molecule has 4 rings (SSSR count). The van der Waals surface area contributed by atoms with E-state index in [1.54, 1.807) is 12.1 Å². The van der Waals surface area contributed by atoms with E-state index in [0.717, 1.165) is 22.4 Å². The number of halogens is 3. The summed E-state index contributed by atoms with van der Waals surface area (Å²) in [6, 6.07) is 19.2. The number of anilines is 1. The van der Waals surface area contributed by atoms with Gasteiger partial charge in [0.1, 0.15) is 5.69 Å². The molecule has 4 aromatic rings. The second-order valence-corrected chi connectivity index (χ2v) is 5.86. The molecule has 2 nitrogen and oxygen atoms in total. The number of aromatic nitrogens is 1. The van der Waals surface area contributed by atoms with Crippen molar-refractivity contribution in [1.29, 1.82) is 0 Å². The highest BCUT2D eigenvalue weighted by Gasteiger charge is 2.33. The Hall–Kier alpha value is -3.08. The molecular formula is C20H13F3N2. The third-order valence-electron chi connectivity index (χ3n) is 4.20. The summed E-state index contributed by atoms with van der Waals surface area (Å²) in [5.41, 5.74) is 6.66. The molecule has 25 heavy (non-hydrogen) atoms. The first-order valence-electron chi connectivity index (χ1n) is 7.69. The van der Waals surface area contributed by atoms with E-state index < -0.39 is 11.9 Å². The number of hydrogen-bond acceptors (Lipinski definition) is 2. The molecule has 0 amide bonds. The first-order valence-corrected chi connectivity index (χ1v) is 7.69. The molecule has 2 N–H and O–H groups in total. The van der Waals surface area contributed by atoms with Crippen LogP contribution in [0.3, 0.4) is 0 Å². The minimum atomic E-state index is -4.53. The largest absolute Gasteiger partial charge is 0.433 e. The van der Waals surface area contributed by atoms with Gasteiger partial charge in [0.25, 0.3) is 0 Å². The maximum Gasteiger partial charge on any atom is 0.433 e. The smallest absolute Gasteiger partial charge is 0.399 e. The molecule has 124 valence electrons. The van der Waals surface area contributed by atoms with Gasteiger partial charge in [0, 0.05) is 11.1 Å². The fourth-order valence-electron chi connectivity index (χ4n) is 3.07. The van der Waals surface area contributed by atoms with Gasteiger partial charge in [-0.1, -0.05) is 48.5 Å². The Bertz CT molecular complexity index is 1100. The number of fused-ring (bicyclic) bond motifs is 2. The van der Waals surface area contributed by atoms with Crippen LogP contribution in [0.4, 0.5) is 18.9 Å². The third kappa shape index (κ3) is 2.67. The zero-order chi connectivity index (χ0) is 17.6. The summed E-state index contributed by atoms with van der Waals surface area (Å²) in [6.45, 7) is 0. The maximum atomic E-state index is 13.3. The lowest BCUT2D eigenvalue weighted by Crippen LogP contribution is -2.08. The van der Waals surface area contributed by atoms with Crippen molar-refractivity contribution in [3.8, 4) is 11.1 Å². The van der Waals surface area contributed by atoms with Crippen LogP contribution in [-0.2, 0) is 6.18 Å². The highest BCUT2D eigenvalue weighted by atomic mass is 19.4. The average Bonchev–Trinajstić information content (AvgIpc) is 2.59. The zero-order valence-corrected chi connectivity index (χ0v) is 13.0. The summed E-state index contributed by atoms with van der Waals surface area (Å²) in [5, 5.41) is 2.50. The second kappa shape index (κ2) is 5.48. The normalized spacial score (nSPS) is 12.0. The lowest BCUT2D eigenvalue weighted by Gasteiger charge is -2.14. The fraction of sp³-hybridized carbons (Fsp3) is 0.0500. The van der Waals surface area contributed by atoms with Gasteiger partial charge in [-0.25, -0.2) is 4.98 Å². The van der Waals surface area contributed by atoms with Crippen LogP contribution in [0.25, 0.3) is 32.8 Å². The van der Waals surface area contributed by atoms with Crippen LogP contribution in [0, 0.1) is 0 Å². The highest BCUT2D eigenvalue weighted by molar-refractivity contribution is 6.05. The molecule has 0 atom stereocenters. The van der Waals surface area contributed by atoms with Crippen molar-refractivity contribution in [3.05, 3.63) is 72.4 Å². The molecule has 1 aromatic heterocycles. The van der Waals surface area contributed by atoms with Crippen molar-refractivity contribution < 1.29 is 13.2 Å². The van der Waals surface area contributed by atoms with Crippen LogP contribution in [-0.4, -0.2) is 4.98 Å². The van der Waals surface area contributed by atoms with Crippen LogP contribution in [0.5, 0.6) is 0 Å².